The van der Waals surface area contributed by atoms with Gasteiger partial charge in [0.1, 0.15) is 0 Å². The molecule has 1 atom stereocenters. The molecule has 100 valence electrons. The SMILES string of the molecule is Cc1nn(C)cc1CNC(=O)NCC(O)C(=O)O. The number of aliphatic hydroxyl groups excluding tert-OH is 1. The molecule has 1 rings (SSSR count). The van der Waals surface area contributed by atoms with Gasteiger partial charge in [-0.05, 0) is 6.92 Å². The number of hydrogen-bond acceptors (Lipinski definition) is 4. The van der Waals surface area contributed by atoms with E-state index < -0.39 is 18.1 Å². The first-order valence-electron chi connectivity index (χ1n) is 5.32. The number of carboxylic acids is 1. The van der Waals surface area contributed by atoms with Gasteiger partial charge in [-0.3, -0.25) is 4.68 Å². The zero-order chi connectivity index (χ0) is 13.7. The number of hydrogen-bond donors (Lipinski definition) is 4. The number of aliphatic hydroxyl groups is 1. The molecule has 0 bridgehead atoms. The highest BCUT2D eigenvalue weighted by molar-refractivity contribution is 5.76. The highest BCUT2D eigenvalue weighted by Crippen LogP contribution is 2.03. The molecule has 18 heavy (non-hydrogen) atoms. The summed E-state index contributed by atoms with van der Waals surface area (Å²) >= 11 is 0. The van der Waals surface area contributed by atoms with E-state index in [0.29, 0.717) is 0 Å². The van der Waals surface area contributed by atoms with Crippen molar-refractivity contribution in [2.45, 2.75) is 19.6 Å². The lowest BCUT2D eigenvalue weighted by molar-refractivity contribution is -0.146. The second kappa shape index (κ2) is 6.01. The number of aromatic nitrogens is 2. The topological polar surface area (TPSA) is 116 Å². The normalized spacial score (nSPS) is 11.9. The van der Waals surface area contributed by atoms with Gasteiger partial charge in [-0.2, -0.15) is 5.10 Å². The largest absolute Gasteiger partial charge is 0.479 e. The molecule has 1 aromatic rings. The van der Waals surface area contributed by atoms with Gasteiger partial charge in [0.15, 0.2) is 6.10 Å². The van der Waals surface area contributed by atoms with Crippen molar-refractivity contribution >= 4 is 12.0 Å². The van der Waals surface area contributed by atoms with E-state index in [2.05, 4.69) is 15.7 Å². The summed E-state index contributed by atoms with van der Waals surface area (Å²) in [4.78, 5) is 21.6. The third-order valence-electron chi connectivity index (χ3n) is 2.30. The highest BCUT2D eigenvalue weighted by Gasteiger charge is 2.14. The lowest BCUT2D eigenvalue weighted by atomic mass is 10.3. The Morgan fingerprint density at radius 2 is 2.17 bits per heavy atom. The van der Waals surface area contributed by atoms with Crippen LogP contribution >= 0.6 is 0 Å². The van der Waals surface area contributed by atoms with E-state index in [1.807, 2.05) is 6.92 Å². The zero-order valence-electron chi connectivity index (χ0n) is 10.2. The van der Waals surface area contributed by atoms with E-state index >= 15 is 0 Å². The summed E-state index contributed by atoms with van der Waals surface area (Å²) in [7, 11) is 1.78. The quantitative estimate of drug-likeness (QED) is 0.537. The van der Waals surface area contributed by atoms with Crippen LogP contribution in [0.5, 0.6) is 0 Å². The smallest absolute Gasteiger partial charge is 0.334 e. The molecule has 0 aromatic carbocycles. The summed E-state index contributed by atoms with van der Waals surface area (Å²) in [6, 6.07) is -0.543. The number of carbonyl (C=O) groups excluding carboxylic acids is 1. The van der Waals surface area contributed by atoms with Gasteiger partial charge in [-0.25, -0.2) is 9.59 Å². The second-order valence-corrected chi connectivity index (χ2v) is 3.83. The van der Waals surface area contributed by atoms with Crippen LogP contribution in [0.2, 0.25) is 0 Å². The number of urea groups is 1. The minimum absolute atomic E-state index is 0.286. The fourth-order valence-electron chi connectivity index (χ4n) is 1.34. The van der Waals surface area contributed by atoms with E-state index in [4.69, 9.17) is 10.2 Å². The minimum atomic E-state index is -1.60. The number of carbonyl (C=O) groups is 2. The molecular weight excluding hydrogens is 240 g/mol. The van der Waals surface area contributed by atoms with Crippen LogP contribution in [0.1, 0.15) is 11.3 Å². The van der Waals surface area contributed by atoms with Crippen LogP contribution in [0.4, 0.5) is 4.79 Å². The third-order valence-corrected chi connectivity index (χ3v) is 2.30. The van der Waals surface area contributed by atoms with Gasteiger partial charge >= 0.3 is 12.0 Å². The lowest BCUT2D eigenvalue weighted by Gasteiger charge is -2.08. The molecule has 0 aliphatic heterocycles. The van der Waals surface area contributed by atoms with Crippen LogP contribution in [0.25, 0.3) is 0 Å². The van der Waals surface area contributed by atoms with Crippen LogP contribution in [0.3, 0.4) is 0 Å². The van der Waals surface area contributed by atoms with Crippen LogP contribution in [0, 0.1) is 6.92 Å². The fraction of sp³-hybridized carbons (Fsp3) is 0.500. The van der Waals surface area contributed by atoms with Crippen LogP contribution < -0.4 is 10.6 Å². The van der Waals surface area contributed by atoms with Crippen molar-refractivity contribution in [3.8, 4) is 0 Å². The molecule has 0 saturated carbocycles. The second-order valence-electron chi connectivity index (χ2n) is 3.83. The Hall–Kier alpha value is -2.09. The molecule has 0 aliphatic rings. The molecule has 8 nitrogen and oxygen atoms in total. The number of rotatable bonds is 5. The average Bonchev–Trinajstić information content (AvgIpc) is 2.61. The maximum absolute atomic E-state index is 11.3. The summed E-state index contributed by atoms with van der Waals surface area (Å²) in [6.07, 6.45) is 0.178. The van der Waals surface area contributed by atoms with E-state index in [-0.39, 0.29) is 13.1 Å². The number of amides is 2. The Labute approximate surface area is 104 Å². The molecule has 0 saturated heterocycles. The maximum atomic E-state index is 11.3. The molecule has 2 amide bonds. The Kier molecular flexibility index (Phi) is 4.67. The van der Waals surface area contributed by atoms with Gasteiger partial charge < -0.3 is 20.8 Å². The van der Waals surface area contributed by atoms with Crippen LogP contribution in [-0.4, -0.2) is 44.6 Å². The van der Waals surface area contributed by atoms with E-state index in [0.717, 1.165) is 11.3 Å². The van der Waals surface area contributed by atoms with E-state index in [1.165, 1.54) is 0 Å². The van der Waals surface area contributed by atoms with Gasteiger partial charge in [-0.15, -0.1) is 0 Å². The molecule has 0 fully saturated rings. The number of carboxylic acid groups (broad SMARTS) is 1. The first-order valence-corrected chi connectivity index (χ1v) is 5.32. The predicted molar refractivity (Wildman–Crippen MR) is 61.8 cm³/mol. The Morgan fingerprint density at radius 3 is 2.67 bits per heavy atom. The fourth-order valence-corrected chi connectivity index (χ4v) is 1.34. The van der Waals surface area contributed by atoms with Crippen LogP contribution in [-0.2, 0) is 18.4 Å². The maximum Gasteiger partial charge on any atom is 0.334 e. The summed E-state index contributed by atoms with van der Waals surface area (Å²) in [5.41, 5.74) is 1.68. The van der Waals surface area contributed by atoms with Crippen molar-refractivity contribution in [1.29, 1.82) is 0 Å². The first-order chi connectivity index (χ1) is 8.40. The van der Waals surface area contributed by atoms with Gasteiger partial charge in [0.25, 0.3) is 0 Å². The molecule has 4 N–H and O–H groups in total. The standard InChI is InChI=1S/C10H16N4O4/c1-6-7(5-14(2)13-6)3-11-10(18)12-4-8(15)9(16)17/h5,8,15H,3-4H2,1-2H3,(H,16,17)(H2,11,12,18). The zero-order valence-corrected chi connectivity index (χ0v) is 10.2. The summed E-state index contributed by atoms with van der Waals surface area (Å²) in [5.74, 6) is -1.38. The summed E-state index contributed by atoms with van der Waals surface area (Å²) < 4.78 is 1.64. The first kappa shape index (κ1) is 14.0. The summed E-state index contributed by atoms with van der Waals surface area (Å²) in [6.45, 7) is 1.77. The number of aryl methyl sites for hydroxylation is 2. The van der Waals surface area contributed by atoms with Crippen molar-refractivity contribution in [1.82, 2.24) is 20.4 Å². The van der Waals surface area contributed by atoms with Crippen molar-refractivity contribution in [3.05, 3.63) is 17.5 Å². The molecule has 0 aliphatic carbocycles. The molecule has 0 spiro atoms. The highest BCUT2D eigenvalue weighted by atomic mass is 16.4. The van der Waals surface area contributed by atoms with E-state index in [9.17, 15) is 9.59 Å². The molecule has 1 unspecified atom stereocenters. The Balaban J connectivity index is 2.33. The Bertz CT molecular complexity index is 443. The monoisotopic (exact) mass is 256 g/mol. The minimum Gasteiger partial charge on any atom is -0.479 e. The Morgan fingerprint density at radius 1 is 1.50 bits per heavy atom. The number of nitrogens with zero attached hydrogens (tertiary/aromatic N) is 2. The van der Waals surface area contributed by atoms with E-state index in [1.54, 1.807) is 17.9 Å². The van der Waals surface area contributed by atoms with Crippen molar-refractivity contribution in [3.63, 3.8) is 0 Å². The van der Waals surface area contributed by atoms with Gasteiger partial charge in [0, 0.05) is 25.4 Å². The molecule has 0 radical (unpaired) electrons. The predicted octanol–water partition coefficient (Wildman–Crippen LogP) is -1.03. The number of aliphatic carboxylic acids is 1. The molecule has 8 heteroatoms. The summed E-state index contributed by atoms with van der Waals surface area (Å²) in [5, 5.41) is 26.3. The third kappa shape index (κ3) is 4.06. The van der Waals surface area contributed by atoms with Crippen molar-refractivity contribution in [2.24, 2.45) is 7.05 Å². The van der Waals surface area contributed by atoms with Gasteiger partial charge in [0.05, 0.1) is 12.2 Å². The van der Waals surface area contributed by atoms with Crippen molar-refractivity contribution in [2.75, 3.05) is 6.54 Å². The molecule has 1 heterocycles. The average molecular weight is 256 g/mol. The molecular formula is C10H16N4O4. The molecule has 1 aromatic heterocycles. The lowest BCUT2D eigenvalue weighted by Crippen LogP contribution is -2.41. The van der Waals surface area contributed by atoms with Gasteiger partial charge in [0.2, 0.25) is 0 Å². The van der Waals surface area contributed by atoms with Crippen molar-refractivity contribution < 1.29 is 19.8 Å². The van der Waals surface area contributed by atoms with Crippen LogP contribution in [0.15, 0.2) is 6.20 Å². The van der Waals surface area contributed by atoms with Gasteiger partial charge in [-0.1, -0.05) is 0 Å². The number of nitrogens with one attached hydrogen (secondary N) is 2.